The van der Waals surface area contributed by atoms with Gasteiger partial charge in [-0.1, -0.05) is 58.0 Å². The maximum Gasteiger partial charge on any atom is 0.341 e. The van der Waals surface area contributed by atoms with E-state index in [0.29, 0.717) is 36.2 Å². The van der Waals surface area contributed by atoms with Crippen LogP contribution in [-0.2, 0) is 27.8 Å². The number of nitrogens with one attached hydrogen (secondary N) is 1. The van der Waals surface area contributed by atoms with Gasteiger partial charge in [-0.2, -0.15) is 5.26 Å². The number of benzene rings is 1. The van der Waals surface area contributed by atoms with Crippen LogP contribution < -0.4 is 5.32 Å². The highest BCUT2D eigenvalue weighted by atomic mass is 32.1. The lowest BCUT2D eigenvalue weighted by Gasteiger charge is -2.31. The van der Waals surface area contributed by atoms with Crippen molar-refractivity contribution < 1.29 is 14.3 Å². The van der Waals surface area contributed by atoms with E-state index in [4.69, 9.17) is 4.74 Å². The summed E-state index contributed by atoms with van der Waals surface area (Å²) in [7, 11) is 0. The summed E-state index contributed by atoms with van der Waals surface area (Å²) in [6.07, 6.45) is 3.08. The number of amides is 1. The van der Waals surface area contributed by atoms with Crippen LogP contribution in [0.4, 0.5) is 5.00 Å². The molecule has 1 heterocycles. The minimum Gasteiger partial charge on any atom is -0.462 e. The molecule has 3 rings (SSSR count). The van der Waals surface area contributed by atoms with Crippen molar-refractivity contribution in [3.63, 3.8) is 0 Å². The van der Waals surface area contributed by atoms with Gasteiger partial charge in [-0.25, -0.2) is 4.79 Å². The number of anilines is 1. The van der Waals surface area contributed by atoms with E-state index >= 15 is 0 Å². The molecular weight excluding hydrogens is 432 g/mol. The number of nitrogens with zero attached hydrogens (tertiary/aromatic N) is 1. The normalized spacial score (nSPS) is 18.7. The highest BCUT2D eigenvalue weighted by molar-refractivity contribution is 7.17. The topological polar surface area (TPSA) is 79.2 Å². The van der Waals surface area contributed by atoms with E-state index in [1.165, 1.54) is 11.3 Å². The summed E-state index contributed by atoms with van der Waals surface area (Å²) in [6.45, 7) is 10.6. The Morgan fingerprint density at radius 1 is 1.27 bits per heavy atom. The highest BCUT2D eigenvalue weighted by Gasteiger charge is 2.40. The maximum absolute atomic E-state index is 12.9. The fourth-order valence-electron chi connectivity index (χ4n) is 4.90. The standard InChI is InChI=1S/C27H34N2O3S/c1-6-32-25(31)23-20-12-13-27(17-28,19-10-8-7-9-11-19)16-21(20)33-24(23)29-22(30)14-18(2)15-26(3,4)5/h7-11,18H,6,12-16H2,1-5H3,(H,29,30)/t18-,27+/m0/s1. The number of hydrogen-bond acceptors (Lipinski definition) is 5. The quantitative estimate of drug-likeness (QED) is 0.487. The van der Waals surface area contributed by atoms with Crippen molar-refractivity contribution in [1.82, 2.24) is 0 Å². The zero-order chi connectivity index (χ0) is 24.2. The van der Waals surface area contributed by atoms with Crippen LogP contribution in [0.3, 0.4) is 0 Å². The van der Waals surface area contributed by atoms with Gasteiger partial charge in [0.1, 0.15) is 5.00 Å². The molecule has 1 N–H and O–H groups in total. The van der Waals surface area contributed by atoms with E-state index < -0.39 is 11.4 Å². The Labute approximate surface area is 201 Å². The third kappa shape index (κ3) is 5.83. The van der Waals surface area contributed by atoms with Gasteiger partial charge in [0.05, 0.1) is 23.7 Å². The molecular formula is C27H34N2O3S. The van der Waals surface area contributed by atoms with E-state index in [1.807, 2.05) is 30.3 Å². The van der Waals surface area contributed by atoms with Crippen LogP contribution in [0.5, 0.6) is 0 Å². The Bertz CT molecular complexity index is 1050. The molecule has 0 saturated carbocycles. The summed E-state index contributed by atoms with van der Waals surface area (Å²) in [4.78, 5) is 26.7. The molecule has 1 aliphatic rings. The van der Waals surface area contributed by atoms with Gasteiger partial charge in [-0.3, -0.25) is 4.79 Å². The molecule has 0 aliphatic heterocycles. The van der Waals surface area contributed by atoms with Gasteiger partial charge in [-0.05, 0) is 48.6 Å². The van der Waals surface area contributed by atoms with Crippen molar-refractivity contribution in [2.75, 3.05) is 11.9 Å². The fourth-order valence-corrected chi connectivity index (χ4v) is 6.27. The van der Waals surface area contributed by atoms with E-state index in [0.717, 1.165) is 22.4 Å². The number of esters is 1. The van der Waals surface area contributed by atoms with Gasteiger partial charge in [-0.15, -0.1) is 11.3 Å². The number of rotatable bonds is 7. The van der Waals surface area contributed by atoms with Crippen LogP contribution in [0.25, 0.3) is 0 Å². The average Bonchev–Trinajstić information content (AvgIpc) is 3.09. The summed E-state index contributed by atoms with van der Waals surface area (Å²) in [5, 5.41) is 13.7. The summed E-state index contributed by atoms with van der Waals surface area (Å²) >= 11 is 1.41. The lowest BCUT2D eigenvalue weighted by Crippen LogP contribution is -2.31. The number of carbonyl (C=O) groups is 2. The Morgan fingerprint density at radius 2 is 1.97 bits per heavy atom. The first-order valence-corrected chi connectivity index (χ1v) is 12.5. The molecule has 0 radical (unpaired) electrons. The Morgan fingerprint density at radius 3 is 2.58 bits per heavy atom. The highest BCUT2D eigenvalue weighted by Crippen LogP contribution is 2.45. The van der Waals surface area contributed by atoms with Crippen molar-refractivity contribution in [3.8, 4) is 6.07 Å². The van der Waals surface area contributed by atoms with Crippen LogP contribution in [-0.4, -0.2) is 18.5 Å². The molecule has 2 atom stereocenters. The largest absolute Gasteiger partial charge is 0.462 e. The maximum atomic E-state index is 12.9. The molecule has 5 nitrogen and oxygen atoms in total. The molecule has 0 bridgehead atoms. The minimum atomic E-state index is -0.631. The molecule has 6 heteroatoms. The molecule has 0 spiro atoms. The lowest BCUT2D eigenvalue weighted by molar-refractivity contribution is -0.117. The monoisotopic (exact) mass is 466 g/mol. The summed E-state index contributed by atoms with van der Waals surface area (Å²) < 4.78 is 5.34. The Balaban J connectivity index is 1.90. The molecule has 2 aromatic rings. The average molecular weight is 467 g/mol. The van der Waals surface area contributed by atoms with Gasteiger partial charge >= 0.3 is 5.97 Å². The lowest BCUT2D eigenvalue weighted by atomic mass is 9.70. The van der Waals surface area contributed by atoms with Gasteiger partial charge in [0, 0.05) is 17.7 Å². The number of fused-ring (bicyclic) bond motifs is 1. The van der Waals surface area contributed by atoms with Crippen molar-refractivity contribution in [2.24, 2.45) is 11.3 Å². The van der Waals surface area contributed by atoms with Crippen LogP contribution in [0, 0.1) is 22.7 Å². The smallest absolute Gasteiger partial charge is 0.341 e. The molecule has 0 fully saturated rings. The first kappa shape index (κ1) is 25.0. The van der Waals surface area contributed by atoms with E-state index in [2.05, 4.69) is 39.1 Å². The molecule has 1 aromatic carbocycles. The zero-order valence-electron chi connectivity index (χ0n) is 20.3. The molecule has 0 unspecified atom stereocenters. The summed E-state index contributed by atoms with van der Waals surface area (Å²) in [6, 6.07) is 12.4. The molecule has 1 aliphatic carbocycles. The van der Waals surface area contributed by atoms with Crippen molar-refractivity contribution >= 4 is 28.2 Å². The van der Waals surface area contributed by atoms with Crippen LogP contribution >= 0.6 is 11.3 Å². The fraction of sp³-hybridized carbons (Fsp3) is 0.519. The minimum absolute atomic E-state index is 0.0921. The molecule has 1 aromatic heterocycles. The number of nitriles is 1. The summed E-state index contributed by atoms with van der Waals surface area (Å²) in [5.74, 6) is -0.266. The van der Waals surface area contributed by atoms with E-state index in [1.54, 1.807) is 6.92 Å². The molecule has 176 valence electrons. The first-order chi connectivity index (χ1) is 15.6. The van der Waals surface area contributed by atoms with Crippen LogP contribution in [0.1, 0.15) is 80.2 Å². The second-order valence-electron chi connectivity index (χ2n) is 10.3. The van der Waals surface area contributed by atoms with Gasteiger partial charge in [0.15, 0.2) is 0 Å². The third-order valence-electron chi connectivity index (χ3n) is 6.12. The van der Waals surface area contributed by atoms with E-state index in [9.17, 15) is 14.9 Å². The van der Waals surface area contributed by atoms with Crippen molar-refractivity contribution in [3.05, 3.63) is 51.9 Å². The SMILES string of the molecule is CCOC(=O)c1c(NC(=O)C[C@H](C)CC(C)(C)C)sc2c1CC[C@@](C#N)(c1ccccc1)C2. The van der Waals surface area contributed by atoms with Gasteiger partial charge < -0.3 is 10.1 Å². The number of thiophene rings is 1. The van der Waals surface area contributed by atoms with Crippen LogP contribution in [0.2, 0.25) is 0 Å². The van der Waals surface area contributed by atoms with Gasteiger partial charge in [0.25, 0.3) is 0 Å². The predicted octanol–water partition coefficient (Wildman–Crippen LogP) is 6.28. The second-order valence-corrected chi connectivity index (χ2v) is 11.4. The van der Waals surface area contributed by atoms with Gasteiger partial charge in [0.2, 0.25) is 5.91 Å². The molecule has 0 saturated heterocycles. The Hall–Kier alpha value is -2.65. The Kier molecular flexibility index (Phi) is 7.64. The zero-order valence-corrected chi connectivity index (χ0v) is 21.1. The number of hydrogen-bond donors (Lipinski definition) is 1. The van der Waals surface area contributed by atoms with Crippen molar-refractivity contribution in [1.29, 1.82) is 5.26 Å². The second kappa shape index (κ2) is 10.1. The van der Waals surface area contributed by atoms with E-state index in [-0.39, 0.29) is 23.8 Å². The molecule has 33 heavy (non-hydrogen) atoms. The van der Waals surface area contributed by atoms with Crippen LogP contribution in [0.15, 0.2) is 30.3 Å². The third-order valence-corrected chi connectivity index (χ3v) is 7.27. The van der Waals surface area contributed by atoms with Crippen molar-refractivity contribution in [2.45, 2.75) is 72.1 Å². The summed E-state index contributed by atoms with van der Waals surface area (Å²) in [5.41, 5.74) is 1.89. The first-order valence-electron chi connectivity index (χ1n) is 11.7. The predicted molar refractivity (Wildman–Crippen MR) is 133 cm³/mol. The number of ether oxygens (including phenoxy) is 1. The number of carbonyl (C=O) groups excluding carboxylic acids is 2. The molecule has 1 amide bonds.